The van der Waals surface area contributed by atoms with Gasteiger partial charge >= 0.3 is 0 Å². The lowest BCUT2D eigenvalue weighted by Gasteiger charge is -2.12. The molecule has 0 aliphatic heterocycles. The smallest absolute Gasteiger partial charge is 0.252 e. The van der Waals surface area contributed by atoms with E-state index in [9.17, 15) is 13.2 Å². The van der Waals surface area contributed by atoms with Gasteiger partial charge < -0.3 is 10.1 Å². The number of hydrogen-bond donors (Lipinski definition) is 2. The third-order valence-electron chi connectivity index (χ3n) is 3.45. The third-order valence-corrected chi connectivity index (χ3v) is 5.12. The molecule has 6 nitrogen and oxygen atoms in total. The molecule has 0 heterocycles. The molecule has 2 rings (SSSR count). The van der Waals surface area contributed by atoms with E-state index in [1.807, 2.05) is 0 Å². The predicted octanol–water partition coefficient (Wildman–Crippen LogP) is 2.19. The number of amides is 1. The SMILES string of the molecule is C#CCNC(=O)c1ccc(OC)c(S(=O)(=O)NCc2ccc(Cl)cc2)c1. The van der Waals surface area contributed by atoms with E-state index < -0.39 is 15.9 Å². The Morgan fingerprint density at radius 1 is 1.23 bits per heavy atom. The molecule has 0 unspecified atom stereocenters. The number of rotatable bonds is 7. The first-order chi connectivity index (χ1) is 12.4. The quantitative estimate of drug-likeness (QED) is 0.707. The molecule has 0 saturated heterocycles. The summed E-state index contributed by atoms with van der Waals surface area (Å²) in [4.78, 5) is 11.9. The second-order valence-electron chi connectivity index (χ2n) is 5.20. The van der Waals surface area contributed by atoms with Gasteiger partial charge in [-0.3, -0.25) is 4.79 Å². The first-order valence-electron chi connectivity index (χ1n) is 7.51. The molecule has 0 spiro atoms. The van der Waals surface area contributed by atoms with E-state index in [1.54, 1.807) is 24.3 Å². The average Bonchev–Trinajstić information content (AvgIpc) is 2.65. The number of halogens is 1. The van der Waals surface area contributed by atoms with E-state index in [-0.39, 0.29) is 29.3 Å². The summed E-state index contributed by atoms with van der Waals surface area (Å²) in [6.45, 7) is 0.109. The molecule has 0 aliphatic rings. The summed E-state index contributed by atoms with van der Waals surface area (Å²) in [5.41, 5.74) is 0.896. The van der Waals surface area contributed by atoms with Crippen LogP contribution < -0.4 is 14.8 Å². The first-order valence-corrected chi connectivity index (χ1v) is 9.37. The second-order valence-corrected chi connectivity index (χ2v) is 7.38. The van der Waals surface area contributed by atoms with Crippen LogP contribution in [0.5, 0.6) is 5.75 Å². The van der Waals surface area contributed by atoms with Gasteiger partial charge in [0, 0.05) is 17.1 Å². The molecule has 0 aromatic heterocycles. The van der Waals surface area contributed by atoms with E-state index in [1.165, 1.54) is 25.3 Å². The van der Waals surface area contributed by atoms with Crippen LogP contribution in [0.2, 0.25) is 5.02 Å². The Kier molecular flexibility index (Phi) is 6.64. The van der Waals surface area contributed by atoms with Crippen molar-refractivity contribution in [2.24, 2.45) is 0 Å². The zero-order chi connectivity index (χ0) is 19.2. The van der Waals surface area contributed by atoms with Gasteiger partial charge in [0.15, 0.2) is 0 Å². The highest BCUT2D eigenvalue weighted by Gasteiger charge is 2.21. The fourth-order valence-electron chi connectivity index (χ4n) is 2.12. The van der Waals surface area contributed by atoms with E-state index in [4.69, 9.17) is 22.8 Å². The van der Waals surface area contributed by atoms with Crippen molar-refractivity contribution in [3.05, 3.63) is 58.6 Å². The Morgan fingerprint density at radius 3 is 2.54 bits per heavy atom. The minimum atomic E-state index is -3.92. The topological polar surface area (TPSA) is 84.5 Å². The largest absolute Gasteiger partial charge is 0.495 e. The highest BCUT2D eigenvalue weighted by molar-refractivity contribution is 7.89. The maximum absolute atomic E-state index is 12.7. The zero-order valence-corrected chi connectivity index (χ0v) is 15.5. The van der Waals surface area contributed by atoms with Crippen molar-refractivity contribution in [2.75, 3.05) is 13.7 Å². The molecular weight excluding hydrogens is 376 g/mol. The van der Waals surface area contributed by atoms with Gasteiger partial charge in [0.2, 0.25) is 10.0 Å². The molecule has 0 radical (unpaired) electrons. The number of hydrogen-bond acceptors (Lipinski definition) is 4. The minimum absolute atomic E-state index is 0.0434. The molecule has 2 aromatic rings. The summed E-state index contributed by atoms with van der Waals surface area (Å²) < 4.78 is 32.9. The number of terminal acetylenes is 1. The maximum atomic E-state index is 12.7. The fourth-order valence-corrected chi connectivity index (χ4v) is 3.46. The third kappa shape index (κ3) is 4.99. The van der Waals surface area contributed by atoms with E-state index in [0.717, 1.165) is 5.56 Å². The molecule has 0 bridgehead atoms. The van der Waals surface area contributed by atoms with Crippen LogP contribution in [0, 0.1) is 12.3 Å². The fraction of sp³-hybridized carbons (Fsp3) is 0.167. The van der Waals surface area contributed by atoms with Crippen LogP contribution in [-0.4, -0.2) is 28.0 Å². The lowest BCUT2D eigenvalue weighted by atomic mass is 10.2. The molecule has 0 atom stereocenters. The summed E-state index contributed by atoms with van der Waals surface area (Å²) in [7, 11) is -2.56. The van der Waals surface area contributed by atoms with Gasteiger partial charge in [-0.15, -0.1) is 6.42 Å². The van der Waals surface area contributed by atoms with Crippen LogP contribution in [0.15, 0.2) is 47.4 Å². The van der Waals surface area contributed by atoms with Gasteiger partial charge in [-0.2, -0.15) is 0 Å². The van der Waals surface area contributed by atoms with Gasteiger partial charge in [0.25, 0.3) is 5.91 Å². The van der Waals surface area contributed by atoms with E-state index >= 15 is 0 Å². The number of ether oxygens (including phenoxy) is 1. The molecule has 136 valence electrons. The molecule has 2 N–H and O–H groups in total. The highest BCUT2D eigenvalue weighted by atomic mass is 35.5. The van der Waals surface area contributed by atoms with Crippen LogP contribution in [0.3, 0.4) is 0 Å². The highest BCUT2D eigenvalue weighted by Crippen LogP contribution is 2.25. The zero-order valence-electron chi connectivity index (χ0n) is 14.0. The number of carbonyl (C=O) groups is 1. The Balaban J connectivity index is 2.27. The molecule has 2 aromatic carbocycles. The summed E-state index contributed by atoms with van der Waals surface area (Å²) in [5, 5.41) is 3.04. The van der Waals surface area contributed by atoms with Gasteiger partial charge in [0.1, 0.15) is 10.6 Å². The van der Waals surface area contributed by atoms with Crippen LogP contribution in [0.4, 0.5) is 0 Å². The minimum Gasteiger partial charge on any atom is -0.495 e. The lowest BCUT2D eigenvalue weighted by molar-refractivity contribution is 0.0958. The number of nitrogens with one attached hydrogen (secondary N) is 2. The predicted molar refractivity (Wildman–Crippen MR) is 99.6 cm³/mol. The van der Waals surface area contributed by atoms with Crippen molar-refractivity contribution in [3.63, 3.8) is 0 Å². The van der Waals surface area contributed by atoms with Crippen molar-refractivity contribution < 1.29 is 17.9 Å². The molecule has 1 amide bonds. The van der Waals surface area contributed by atoms with Gasteiger partial charge in [-0.1, -0.05) is 29.7 Å². The lowest BCUT2D eigenvalue weighted by Crippen LogP contribution is -2.26. The summed E-state index contributed by atoms with van der Waals surface area (Å²) in [6, 6.07) is 10.9. The Labute approximate surface area is 157 Å². The van der Waals surface area contributed by atoms with E-state index in [2.05, 4.69) is 16.0 Å². The van der Waals surface area contributed by atoms with Crippen molar-refractivity contribution in [3.8, 4) is 18.1 Å². The van der Waals surface area contributed by atoms with Gasteiger partial charge in [-0.25, -0.2) is 13.1 Å². The summed E-state index contributed by atoms with van der Waals surface area (Å²) >= 11 is 5.82. The molecule has 26 heavy (non-hydrogen) atoms. The van der Waals surface area contributed by atoms with Crippen molar-refractivity contribution in [1.82, 2.24) is 10.0 Å². The number of carbonyl (C=O) groups excluding carboxylic acids is 1. The number of sulfonamides is 1. The average molecular weight is 393 g/mol. The number of methoxy groups -OCH3 is 1. The van der Waals surface area contributed by atoms with Gasteiger partial charge in [-0.05, 0) is 35.9 Å². The van der Waals surface area contributed by atoms with Crippen LogP contribution in [0.25, 0.3) is 0 Å². The van der Waals surface area contributed by atoms with Crippen molar-refractivity contribution in [2.45, 2.75) is 11.4 Å². The molecule has 0 fully saturated rings. The normalized spacial score (nSPS) is 10.8. The van der Waals surface area contributed by atoms with Crippen molar-refractivity contribution >= 4 is 27.5 Å². The van der Waals surface area contributed by atoms with Crippen molar-refractivity contribution in [1.29, 1.82) is 0 Å². The van der Waals surface area contributed by atoms with Crippen LogP contribution >= 0.6 is 11.6 Å². The Bertz CT molecular complexity index is 935. The second kappa shape index (κ2) is 8.72. The maximum Gasteiger partial charge on any atom is 0.252 e. The Morgan fingerprint density at radius 2 is 1.92 bits per heavy atom. The Hall–Kier alpha value is -2.53. The van der Waals surface area contributed by atoms with Crippen LogP contribution in [0.1, 0.15) is 15.9 Å². The molecular formula is C18H17ClN2O4S. The number of benzene rings is 2. The molecule has 0 aliphatic carbocycles. The first kappa shape index (κ1) is 19.8. The summed E-state index contributed by atoms with van der Waals surface area (Å²) in [6.07, 6.45) is 5.10. The van der Waals surface area contributed by atoms with Gasteiger partial charge in [0.05, 0.1) is 13.7 Å². The standard InChI is InChI=1S/C18H17ClN2O4S/c1-3-10-20-18(22)14-6-9-16(25-2)17(11-14)26(23,24)21-12-13-4-7-15(19)8-5-13/h1,4-9,11,21H,10,12H2,2H3,(H,20,22). The monoisotopic (exact) mass is 392 g/mol. The molecule has 0 saturated carbocycles. The summed E-state index contributed by atoms with van der Waals surface area (Å²) in [5.74, 6) is 1.94. The van der Waals surface area contributed by atoms with Crippen LogP contribution in [-0.2, 0) is 16.6 Å². The molecule has 8 heteroatoms. The van der Waals surface area contributed by atoms with E-state index in [0.29, 0.717) is 5.02 Å².